The molecule has 6 heteroatoms. The molecule has 2 rings (SSSR count). The maximum Gasteiger partial charge on any atom is 0.247 e. The van der Waals surface area contributed by atoms with Gasteiger partial charge in [-0.1, -0.05) is 13.8 Å². The largest absolute Gasteiger partial charge is 0.299 e. The number of likely N-dealkylation sites (tertiary alicyclic amines) is 1. The summed E-state index contributed by atoms with van der Waals surface area (Å²) in [6.45, 7) is 6.52. The summed E-state index contributed by atoms with van der Waals surface area (Å²) in [5.41, 5.74) is 0. The number of aromatic nitrogens is 1. The maximum atomic E-state index is 12.2. The molecule has 110 valence electrons. The van der Waals surface area contributed by atoms with Crippen molar-refractivity contribution in [2.45, 2.75) is 58.7 Å². The number of hydrogen-bond donors (Lipinski definition) is 1. The van der Waals surface area contributed by atoms with Gasteiger partial charge < -0.3 is 0 Å². The van der Waals surface area contributed by atoms with Crippen molar-refractivity contribution in [3.05, 3.63) is 16.1 Å². The molecule has 1 aromatic heterocycles. The van der Waals surface area contributed by atoms with Crippen molar-refractivity contribution in [3.8, 4) is 0 Å². The lowest BCUT2D eigenvalue weighted by Crippen LogP contribution is -2.42. The van der Waals surface area contributed by atoms with E-state index in [4.69, 9.17) is 0 Å². The second-order valence-corrected chi connectivity index (χ2v) is 6.27. The number of carbonyl (C=O) groups excluding carboxylic acids is 2. The average Bonchev–Trinajstić information content (AvgIpc) is 3.00. The molecule has 2 unspecified atom stereocenters. The van der Waals surface area contributed by atoms with E-state index in [2.05, 4.69) is 17.2 Å². The van der Waals surface area contributed by atoms with Crippen molar-refractivity contribution in [1.82, 2.24) is 15.2 Å². The van der Waals surface area contributed by atoms with Crippen LogP contribution in [0.4, 0.5) is 0 Å². The Hall–Kier alpha value is -1.27. The quantitative estimate of drug-likeness (QED) is 0.812. The first-order chi connectivity index (χ1) is 9.56. The van der Waals surface area contributed by atoms with Gasteiger partial charge >= 0.3 is 0 Å². The molecule has 1 aromatic rings. The van der Waals surface area contributed by atoms with Crippen LogP contribution in [0, 0.1) is 0 Å². The summed E-state index contributed by atoms with van der Waals surface area (Å²) >= 11 is 1.65. The van der Waals surface area contributed by atoms with E-state index >= 15 is 0 Å². The summed E-state index contributed by atoms with van der Waals surface area (Å²) in [5, 5.41) is 4.12. The van der Waals surface area contributed by atoms with Crippen LogP contribution in [0.3, 0.4) is 0 Å². The highest BCUT2D eigenvalue weighted by Crippen LogP contribution is 2.19. The zero-order valence-electron chi connectivity index (χ0n) is 12.2. The molecule has 0 saturated carbocycles. The molecule has 0 aromatic carbocycles. The summed E-state index contributed by atoms with van der Waals surface area (Å²) in [6, 6.07) is -0.418. The molecule has 1 aliphatic heterocycles. The highest BCUT2D eigenvalue weighted by Gasteiger charge is 2.40. The minimum Gasteiger partial charge on any atom is -0.299 e. The van der Waals surface area contributed by atoms with Crippen molar-refractivity contribution in [2.75, 3.05) is 0 Å². The summed E-state index contributed by atoms with van der Waals surface area (Å²) in [4.78, 5) is 31.1. The lowest BCUT2D eigenvalue weighted by Gasteiger charge is -2.21. The van der Waals surface area contributed by atoms with Gasteiger partial charge in [0.15, 0.2) is 0 Å². The Morgan fingerprint density at radius 2 is 2.25 bits per heavy atom. The minimum absolute atomic E-state index is 0.0200. The van der Waals surface area contributed by atoms with E-state index in [1.807, 2.05) is 20.0 Å². The number of aryl methyl sites for hydroxylation is 1. The summed E-state index contributed by atoms with van der Waals surface area (Å²) in [5.74, 6) is -0.174. The van der Waals surface area contributed by atoms with Gasteiger partial charge in [-0.25, -0.2) is 4.98 Å². The van der Waals surface area contributed by atoms with Gasteiger partial charge in [0.05, 0.1) is 12.5 Å². The molecule has 2 amide bonds. The number of nitrogens with one attached hydrogen (secondary N) is 1. The van der Waals surface area contributed by atoms with Crippen LogP contribution < -0.4 is 5.32 Å². The Labute approximate surface area is 123 Å². The van der Waals surface area contributed by atoms with Crippen LogP contribution in [0.2, 0.25) is 0 Å². The van der Waals surface area contributed by atoms with Gasteiger partial charge in [0.1, 0.15) is 5.01 Å². The second kappa shape index (κ2) is 6.45. The SMILES string of the molecule is CCc1cnc(CNC2CC(=O)N(C(C)CC)C2=O)s1. The molecule has 0 aliphatic carbocycles. The Balaban J connectivity index is 1.94. The van der Waals surface area contributed by atoms with Crippen molar-refractivity contribution in [1.29, 1.82) is 0 Å². The number of rotatable bonds is 6. The second-order valence-electron chi connectivity index (χ2n) is 5.07. The molecule has 2 atom stereocenters. The lowest BCUT2D eigenvalue weighted by atomic mass is 10.2. The number of imide groups is 1. The Bertz CT molecular complexity index is 500. The third-order valence-corrected chi connectivity index (χ3v) is 4.81. The van der Waals surface area contributed by atoms with E-state index in [0.29, 0.717) is 6.54 Å². The number of thiazole rings is 1. The fraction of sp³-hybridized carbons (Fsp3) is 0.643. The molecule has 1 saturated heterocycles. The van der Waals surface area contributed by atoms with E-state index in [9.17, 15) is 9.59 Å². The minimum atomic E-state index is -0.398. The molecule has 20 heavy (non-hydrogen) atoms. The topological polar surface area (TPSA) is 62.3 Å². The third kappa shape index (κ3) is 3.07. The molecule has 0 radical (unpaired) electrons. The third-order valence-electron chi connectivity index (χ3n) is 3.66. The first-order valence-electron chi connectivity index (χ1n) is 7.09. The van der Waals surface area contributed by atoms with Crippen molar-refractivity contribution in [2.24, 2.45) is 0 Å². The zero-order valence-corrected chi connectivity index (χ0v) is 13.0. The van der Waals surface area contributed by atoms with Crippen LogP contribution in [-0.2, 0) is 22.6 Å². The fourth-order valence-corrected chi connectivity index (χ4v) is 3.07. The Morgan fingerprint density at radius 3 is 2.85 bits per heavy atom. The van der Waals surface area contributed by atoms with Gasteiger partial charge in [0.2, 0.25) is 11.8 Å². The molecule has 0 bridgehead atoms. The Kier molecular flexibility index (Phi) is 4.88. The number of carbonyl (C=O) groups is 2. The van der Waals surface area contributed by atoms with Crippen LogP contribution in [0.25, 0.3) is 0 Å². The molecule has 0 spiro atoms. The first kappa shape index (κ1) is 15.1. The van der Waals surface area contributed by atoms with E-state index in [0.717, 1.165) is 17.8 Å². The molecule has 5 nitrogen and oxygen atoms in total. The number of nitrogens with zero attached hydrogens (tertiary/aromatic N) is 2. The first-order valence-corrected chi connectivity index (χ1v) is 7.91. The van der Waals surface area contributed by atoms with E-state index in [-0.39, 0.29) is 24.3 Å². The number of hydrogen-bond acceptors (Lipinski definition) is 5. The predicted octanol–water partition coefficient (Wildman–Crippen LogP) is 1.72. The molecular weight excluding hydrogens is 274 g/mol. The standard InChI is InChI=1S/C14H21N3O2S/c1-4-9(3)17-13(18)6-11(14(17)19)15-8-12-16-7-10(5-2)20-12/h7,9,11,15H,4-6,8H2,1-3H3. The maximum absolute atomic E-state index is 12.2. The molecule has 1 fully saturated rings. The average molecular weight is 295 g/mol. The van der Waals surface area contributed by atoms with Crippen molar-refractivity contribution in [3.63, 3.8) is 0 Å². The van der Waals surface area contributed by atoms with Crippen LogP contribution in [0.5, 0.6) is 0 Å². The fourth-order valence-electron chi connectivity index (χ4n) is 2.26. The van der Waals surface area contributed by atoms with E-state index in [1.54, 1.807) is 11.3 Å². The van der Waals surface area contributed by atoms with Crippen LogP contribution in [0.1, 0.15) is 43.5 Å². The highest BCUT2D eigenvalue weighted by molar-refractivity contribution is 7.11. The van der Waals surface area contributed by atoms with Gasteiger partial charge in [0.25, 0.3) is 0 Å². The Morgan fingerprint density at radius 1 is 1.50 bits per heavy atom. The lowest BCUT2D eigenvalue weighted by molar-refractivity contribution is -0.141. The van der Waals surface area contributed by atoms with Crippen molar-refractivity contribution >= 4 is 23.2 Å². The van der Waals surface area contributed by atoms with Gasteiger partial charge in [-0.3, -0.25) is 19.8 Å². The summed E-state index contributed by atoms with van der Waals surface area (Å²) < 4.78 is 0. The van der Waals surface area contributed by atoms with Gasteiger partial charge in [-0.05, 0) is 19.8 Å². The van der Waals surface area contributed by atoms with E-state index in [1.165, 1.54) is 9.78 Å². The smallest absolute Gasteiger partial charge is 0.247 e. The van der Waals surface area contributed by atoms with Crippen LogP contribution in [-0.4, -0.2) is 33.8 Å². The normalized spacial score (nSPS) is 20.8. The summed E-state index contributed by atoms with van der Waals surface area (Å²) in [7, 11) is 0. The van der Waals surface area contributed by atoms with E-state index < -0.39 is 6.04 Å². The number of amides is 2. The van der Waals surface area contributed by atoms with Crippen molar-refractivity contribution < 1.29 is 9.59 Å². The molecule has 2 heterocycles. The molecule has 1 aliphatic rings. The van der Waals surface area contributed by atoms with Crippen LogP contribution >= 0.6 is 11.3 Å². The monoisotopic (exact) mass is 295 g/mol. The van der Waals surface area contributed by atoms with Gasteiger partial charge in [-0.2, -0.15) is 0 Å². The molecular formula is C14H21N3O2S. The van der Waals surface area contributed by atoms with Crippen LogP contribution in [0.15, 0.2) is 6.20 Å². The molecule has 1 N–H and O–H groups in total. The van der Waals surface area contributed by atoms with Gasteiger partial charge in [-0.15, -0.1) is 11.3 Å². The predicted molar refractivity (Wildman–Crippen MR) is 78.3 cm³/mol. The van der Waals surface area contributed by atoms with Gasteiger partial charge in [0, 0.05) is 23.7 Å². The zero-order chi connectivity index (χ0) is 14.7. The summed E-state index contributed by atoms with van der Waals surface area (Å²) in [6.07, 6.45) is 3.89. The highest BCUT2D eigenvalue weighted by atomic mass is 32.1.